The normalized spacial score (nSPS) is 10.2. The molecule has 88 valence electrons. The van der Waals surface area contributed by atoms with Crippen LogP contribution in [0.5, 0.6) is 0 Å². The lowest BCUT2D eigenvalue weighted by Crippen LogP contribution is -2.12. The third kappa shape index (κ3) is 2.69. The minimum atomic E-state index is -0.375. The molecule has 1 aromatic heterocycles. The number of aryl methyl sites for hydroxylation is 1. The number of carbonyl (C=O) groups excluding carboxylic acids is 1. The number of nitrogens with one attached hydrogen (secondary N) is 1. The van der Waals surface area contributed by atoms with Crippen molar-refractivity contribution in [1.82, 2.24) is 5.16 Å². The summed E-state index contributed by atoms with van der Waals surface area (Å²) in [6.45, 7) is 1.90. The van der Waals surface area contributed by atoms with Crippen LogP contribution in [0.4, 0.5) is 10.1 Å². The van der Waals surface area contributed by atoms with Crippen LogP contribution < -0.4 is 5.32 Å². The van der Waals surface area contributed by atoms with Gasteiger partial charge in [0.1, 0.15) is 11.6 Å². The van der Waals surface area contributed by atoms with Crippen LogP contribution in [-0.2, 0) is 6.42 Å². The number of carbonyl (C=O) groups is 1. The van der Waals surface area contributed by atoms with Gasteiger partial charge in [0.25, 0.3) is 5.91 Å². The number of amides is 1. The van der Waals surface area contributed by atoms with Gasteiger partial charge in [-0.05, 0) is 24.3 Å². The zero-order chi connectivity index (χ0) is 12.3. The average Bonchev–Trinajstić information content (AvgIpc) is 2.81. The average molecular weight is 234 g/mol. The molecule has 0 spiro atoms. The summed E-state index contributed by atoms with van der Waals surface area (Å²) in [4.78, 5) is 11.7. The smallest absolute Gasteiger partial charge is 0.277 e. The molecule has 1 heterocycles. The highest BCUT2D eigenvalue weighted by Gasteiger charge is 2.11. The molecule has 2 aromatic rings. The van der Waals surface area contributed by atoms with E-state index in [4.69, 9.17) is 4.52 Å². The van der Waals surface area contributed by atoms with E-state index in [2.05, 4.69) is 10.5 Å². The van der Waals surface area contributed by atoms with Gasteiger partial charge in [-0.15, -0.1) is 0 Å². The quantitative estimate of drug-likeness (QED) is 0.888. The maximum absolute atomic E-state index is 12.7. The third-order valence-corrected chi connectivity index (χ3v) is 2.24. The Morgan fingerprint density at radius 3 is 2.71 bits per heavy atom. The van der Waals surface area contributed by atoms with Crippen molar-refractivity contribution in [2.75, 3.05) is 5.32 Å². The molecule has 0 aliphatic carbocycles. The summed E-state index contributed by atoms with van der Waals surface area (Å²) in [6.07, 6.45) is 0.677. The molecule has 4 nitrogen and oxygen atoms in total. The van der Waals surface area contributed by atoms with Crippen molar-refractivity contribution < 1.29 is 13.7 Å². The molecule has 0 bridgehead atoms. The van der Waals surface area contributed by atoms with Gasteiger partial charge in [0.2, 0.25) is 0 Å². The molecule has 5 heteroatoms. The summed E-state index contributed by atoms with van der Waals surface area (Å²) in [5.74, 6) is -0.0768. The van der Waals surface area contributed by atoms with E-state index in [1.165, 1.54) is 24.3 Å². The predicted molar refractivity (Wildman–Crippen MR) is 60.2 cm³/mol. The highest BCUT2D eigenvalue weighted by Crippen LogP contribution is 2.11. The largest absolute Gasteiger partial charge is 0.361 e. The van der Waals surface area contributed by atoms with Gasteiger partial charge in [-0.1, -0.05) is 12.1 Å². The first kappa shape index (κ1) is 11.3. The summed E-state index contributed by atoms with van der Waals surface area (Å²) in [5, 5.41) is 6.23. The number of hydrogen-bond acceptors (Lipinski definition) is 3. The number of aromatic nitrogens is 1. The summed E-state index contributed by atoms with van der Waals surface area (Å²) in [7, 11) is 0. The molecule has 1 aromatic carbocycles. The number of nitrogens with zero attached hydrogens (tertiary/aromatic N) is 1. The van der Waals surface area contributed by atoms with E-state index < -0.39 is 0 Å². The summed E-state index contributed by atoms with van der Waals surface area (Å²) >= 11 is 0. The van der Waals surface area contributed by atoms with Crippen molar-refractivity contribution in [3.8, 4) is 0 Å². The van der Waals surface area contributed by atoms with Gasteiger partial charge in [-0.2, -0.15) is 0 Å². The number of halogens is 1. The molecule has 0 saturated carbocycles. The van der Waals surface area contributed by atoms with Crippen molar-refractivity contribution in [2.24, 2.45) is 0 Å². The van der Waals surface area contributed by atoms with E-state index in [0.29, 0.717) is 17.9 Å². The van der Waals surface area contributed by atoms with E-state index >= 15 is 0 Å². The van der Waals surface area contributed by atoms with Crippen LogP contribution in [0.2, 0.25) is 0 Å². The predicted octanol–water partition coefficient (Wildman–Crippen LogP) is 2.63. The second kappa shape index (κ2) is 4.78. The molecule has 0 saturated heterocycles. The SMILES string of the molecule is CCc1cc(C(=O)Nc2ccc(F)cc2)no1. The number of hydrogen-bond donors (Lipinski definition) is 1. The van der Waals surface area contributed by atoms with Crippen LogP contribution in [0.3, 0.4) is 0 Å². The maximum atomic E-state index is 12.7. The van der Waals surface area contributed by atoms with Gasteiger partial charge in [0, 0.05) is 18.2 Å². The number of anilines is 1. The van der Waals surface area contributed by atoms with Crippen LogP contribution in [0.1, 0.15) is 23.2 Å². The zero-order valence-corrected chi connectivity index (χ0v) is 9.24. The van der Waals surface area contributed by atoms with E-state index in [1.54, 1.807) is 6.07 Å². The van der Waals surface area contributed by atoms with Crippen molar-refractivity contribution in [1.29, 1.82) is 0 Å². The van der Waals surface area contributed by atoms with E-state index in [1.807, 2.05) is 6.92 Å². The van der Waals surface area contributed by atoms with Gasteiger partial charge in [0.05, 0.1) is 0 Å². The van der Waals surface area contributed by atoms with Crippen LogP contribution in [0, 0.1) is 5.82 Å². The Morgan fingerprint density at radius 2 is 2.12 bits per heavy atom. The molecule has 17 heavy (non-hydrogen) atoms. The Morgan fingerprint density at radius 1 is 1.41 bits per heavy atom. The lowest BCUT2D eigenvalue weighted by Gasteiger charge is -2.01. The molecule has 1 N–H and O–H groups in total. The first-order valence-corrected chi connectivity index (χ1v) is 5.21. The highest BCUT2D eigenvalue weighted by atomic mass is 19.1. The van der Waals surface area contributed by atoms with Crippen LogP contribution >= 0.6 is 0 Å². The molecule has 0 fully saturated rings. The third-order valence-electron chi connectivity index (χ3n) is 2.24. The molecule has 0 radical (unpaired) electrons. The monoisotopic (exact) mass is 234 g/mol. The van der Waals surface area contributed by atoms with E-state index in [-0.39, 0.29) is 17.4 Å². The lowest BCUT2D eigenvalue weighted by atomic mass is 10.3. The van der Waals surface area contributed by atoms with Gasteiger partial charge < -0.3 is 9.84 Å². The van der Waals surface area contributed by atoms with Crippen molar-refractivity contribution in [2.45, 2.75) is 13.3 Å². The fourth-order valence-electron chi connectivity index (χ4n) is 1.31. The molecule has 0 atom stereocenters. The number of rotatable bonds is 3. The highest BCUT2D eigenvalue weighted by molar-refractivity contribution is 6.02. The van der Waals surface area contributed by atoms with Gasteiger partial charge in [-0.3, -0.25) is 4.79 Å². The van der Waals surface area contributed by atoms with Crippen molar-refractivity contribution in [3.05, 3.63) is 47.6 Å². The molecule has 0 unspecified atom stereocenters. The Kier molecular flexibility index (Phi) is 3.18. The van der Waals surface area contributed by atoms with Gasteiger partial charge in [0.15, 0.2) is 5.69 Å². The minimum Gasteiger partial charge on any atom is -0.361 e. The summed E-state index contributed by atoms with van der Waals surface area (Å²) in [6, 6.07) is 7.09. The summed E-state index contributed by atoms with van der Waals surface area (Å²) in [5.41, 5.74) is 0.726. The van der Waals surface area contributed by atoms with Gasteiger partial charge in [-0.25, -0.2) is 4.39 Å². The fraction of sp³-hybridized carbons (Fsp3) is 0.167. The summed E-state index contributed by atoms with van der Waals surface area (Å²) < 4.78 is 17.6. The standard InChI is InChI=1S/C12H11FN2O2/c1-2-10-7-11(15-17-10)12(16)14-9-5-3-8(13)4-6-9/h3-7H,2H2,1H3,(H,14,16). The molecule has 0 aliphatic heterocycles. The Labute approximate surface area is 97.4 Å². The van der Waals surface area contributed by atoms with E-state index in [0.717, 1.165) is 0 Å². The molecule has 1 amide bonds. The van der Waals surface area contributed by atoms with Crippen molar-refractivity contribution >= 4 is 11.6 Å². The Bertz CT molecular complexity index is 520. The van der Waals surface area contributed by atoms with Crippen LogP contribution in [-0.4, -0.2) is 11.1 Å². The van der Waals surface area contributed by atoms with Gasteiger partial charge >= 0.3 is 0 Å². The van der Waals surface area contributed by atoms with E-state index in [9.17, 15) is 9.18 Å². The first-order chi connectivity index (χ1) is 8.19. The van der Waals surface area contributed by atoms with Crippen LogP contribution in [0.25, 0.3) is 0 Å². The molecular weight excluding hydrogens is 223 g/mol. The second-order valence-corrected chi connectivity index (χ2v) is 3.49. The lowest BCUT2D eigenvalue weighted by molar-refractivity contribution is 0.101. The second-order valence-electron chi connectivity index (χ2n) is 3.49. The minimum absolute atomic E-state index is 0.214. The molecular formula is C12H11FN2O2. The Balaban J connectivity index is 2.08. The maximum Gasteiger partial charge on any atom is 0.277 e. The first-order valence-electron chi connectivity index (χ1n) is 5.21. The Hall–Kier alpha value is -2.17. The topological polar surface area (TPSA) is 55.1 Å². The zero-order valence-electron chi connectivity index (χ0n) is 9.24. The molecule has 0 aliphatic rings. The van der Waals surface area contributed by atoms with Crippen LogP contribution in [0.15, 0.2) is 34.9 Å². The number of benzene rings is 1. The fourth-order valence-corrected chi connectivity index (χ4v) is 1.31. The molecule has 2 rings (SSSR count). The van der Waals surface area contributed by atoms with Crippen molar-refractivity contribution in [3.63, 3.8) is 0 Å².